The standard InChI is InChI=1S/C23H16N2O4/c24-12-14-6-10-20(18-4-2-1-3-16(14)18)28-15-7-9-17-13(11-15)5-8-19(17)21-22(26)25-23(27)29-21/h1-4,6-7,9-11,19,21H,5,8H2,(H,25,26,27)/t19-,21-/m1/s1. The fraction of sp³-hybridized carbons (Fsp3) is 0.174. The Morgan fingerprint density at radius 1 is 1.07 bits per heavy atom. The Morgan fingerprint density at radius 3 is 2.66 bits per heavy atom. The average molecular weight is 384 g/mol. The second-order valence-corrected chi connectivity index (χ2v) is 7.19. The van der Waals surface area contributed by atoms with E-state index in [0.29, 0.717) is 17.1 Å². The molecule has 29 heavy (non-hydrogen) atoms. The smallest absolute Gasteiger partial charge is 0.414 e. The van der Waals surface area contributed by atoms with E-state index in [-0.39, 0.29) is 11.8 Å². The lowest BCUT2D eigenvalue weighted by Crippen LogP contribution is -2.28. The first-order valence-corrected chi connectivity index (χ1v) is 9.38. The molecule has 2 amide bonds. The van der Waals surface area contributed by atoms with Crippen LogP contribution in [0.2, 0.25) is 0 Å². The highest BCUT2D eigenvalue weighted by molar-refractivity contribution is 6.00. The first-order chi connectivity index (χ1) is 14.1. The van der Waals surface area contributed by atoms with Gasteiger partial charge in [0.05, 0.1) is 11.6 Å². The third kappa shape index (κ3) is 2.88. The minimum absolute atomic E-state index is 0.138. The number of amides is 2. The number of alkyl carbamates (subject to hydrolysis) is 1. The van der Waals surface area contributed by atoms with Gasteiger partial charge in [-0.15, -0.1) is 0 Å². The molecule has 1 N–H and O–H groups in total. The van der Waals surface area contributed by atoms with E-state index < -0.39 is 12.2 Å². The molecule has 5 rings (SSSR count). The summed E-state index contributed by atoms with van der Waals surface area (Å²) < 4.78 is 11.3. The van der Waals surface area contributed by atoms with Gasteiger partial charge in [-0.2, -0.15) is 5.26 Å². The van der Waals surface area contributed by atoms with Crippen molar-refractivity contribution >= 4 is 22.8 Å². The summed E-state index contributed by atoms with van der Waals surface area (Å²) in [6.45, 7) is 0. The Bertz CT molecular complexity index is 1210. The first kappa shape index (κ1) is 17.3. The molecular weight excluding hydrogens is 368 g/mol. The van der Waals surface area contributed by atoms with E-state index in [4.69, 9.17) is 9.47 Å². The highest BCUT2D eigenvalue weighted by Gasteiger charge is 2.42. The van der Waals surface area contributed by atoms with E-state index in [0.717, 1.165) is 34.7 Å². The van der Waals surface area contributed by atoms with Crippen molar-refractivity contribution in [3.8, 4) is 17.6 Å². The fourth-order valence-corrected chi connectivity index (χ4v) is 4.22. The maximum absolute atomic E-state index is 12.0. The number of benzene rings is 3. The molecule has 3 aromatic carbocycles. The summed E-state index contributed by atoms with van der Waals surface area (Å²) >= 11 is 0. The van der Waals surface area contributed by atoms with Crippen LogP contribution in [0.25, 0.3) is 10.8 Å². The Kier molecular flexibility index (Phi) is 3.95. The Morgan fingerprint density at radius 2 is 1.90 bits per heavy atom. The molecule has 0 unspecified atom stereocenters. The van der Waals surface area contributed by atoms with Gasteiger partial charge in [0.1, 0.15) is 11.5 Å². The molecule has 2 atom stereocenters. The predicted octanol–water partition coefficient (Wildman–Crippen LogP) is 4.17. The topological polar surface area (TPSA) is 88.4 Å². The van der Waals surface area contributed by atoms with Crippen molar-refractivity contribution in [3.05, 3.63) is 71.3 Å². The normalized spacial score (nSPS) is 20.1. The number of rotatable bonds is 3. The lowest BCUT2D eigenvalue weighted by atomic mass is 9.95. The second kappa shape index (κ2) is 6.64. The maximum atomic E-state index is 12.0. The van der Waals surface area contributed by atoms with E-state index in [2.05, 4.69) is 11.4 Å². The van der Waals surface area contributed by atoms with Gasteiger partial charge >= 0.3 is 6.09 Å². The van der Waals surface area contributed by atoms with Crippen molar-refractivity contribution < 1.29 is 19.1 Å². The highest BCUT2D eigenvalue weighted by atomic mass is 16.6. The van der Waals surface area contributed by atoms with E-state index >= 15 is 0 Å². The number of hydrogen-bond donors (Lipinski definition) is 1. The van der Waals surface area contributed by atoms with Crippen molar-refractivity contribution in [2.75, 3.05) is 0 Å². The number of imide groups is 1. The molecule has 6 heteroatoms. The van der Waals surface area contributed by atoms with Gasteiger partial charge in [0.2, 0.25) is 0 Å². The van der Waals surface area contributed by atoms with Gasteiger partial charge < -0.3 is 9.47 Å². The predicted molar refractivity (Wildman–Crippen MR) is 105 cm³/mol. The Balaban J connectivity index is 1.45. The molecule has 1 aliphatic heterocycles. The van der Waals surface area contributed by atoms with Gasteiger partial charge in [-0.1, -0.05) is 30.3 Å². The number of hydrogen-bond acceptors (Lipinski definition) is 5. The second-order valence-electron chi connectivity index (χ2n) is 7.19. The van der Waals surface area contributed by atoms with Gasteiger partial charge in [-0.05, 0) is 48.2 Å². The number of carbonyl (C=O) groups is 2. The molecule has 2 aliphatic rings. The number of ether oxygens (including phenoxy) is 2. The number of aryl methyl sites for hydroxylation is 1. The first-order valence-electron chi connectivity index (χ1n) is 9.38. The van der Waals surface area contributed by atoms with E-state index in [1.807, 2.05) is 42.5 Å². The van der Waals surface area contributed by atoms with Crippen LogP contribution in [0.3, 0.4) is 0 Å². The summed E-state index contributed by atoms with van der Waals surface area (Å²) in [4.78, 5) is 23.3. The van der Waals surface area contributed by atoms with Crippen molar-refractivity contribution in [1.29, 1.82) is 5.26 Å². The molecule has 1 aliphatic carbocycles. The molecular formula is C23H16N2O4. The number of fused-ring (bicyclic) bond motifs is 2. The third-order valence-electron chi connectivity index (χ3n) is 5.55. The molecule has 0 radical (unpaired) electrons. The van der Waals surface area contributed by atoms with Crippen LogP contribution in [-0.4, -0.2) is 18.1 Å². The van der Waals surface area contributed by atoms with Gasteiger partial charge in [0.15, 0.2) is 6.10 Å². The molecule has 1 heterocycles. The largest absolute Gasteiger partial charge is 0.457 e. The number of carbonyl (C=O) groups excluding carboxylic acids is 2. The SMILES string of the molecule is N#Cc1ccc(Oc2ccc3c(c2)CC[C@H]3[C@H]2OC(=O)NC2=O)c2ccccc12. The Labute approximate surface area is 166 Å². The summed E-state index contributed by atoms with van der Waals surface area (Å²) in [5.74, 6) is 0.851. The van der Waals surface area contributed by atoms with Crippen LogP contribution in [-0.2, 0) is 16.0 Å². The molecule has 1 saturated heterocycles. The number of nitrogens with zero attached hydrogens (tertiary/aromatic N) is 1. The number of cyclic esters (lactones) is 1. The summed E-state index contributed by atoms with van der Waals surface area (Å²) in [5, 5.41) is 13.2. The monoisotopic (exact) mass is 384 g/mol. The summed E-state index contributed by atoms with van der Waals surface area (Å²) in [6.07, 6.45) is 0.0791. The zero-order valence-electron chi connectivity index (χ0n) is 15.3. The molecule has 0 saturated carbocycles. The zero-order valence-corrected chi connectivity index (χ0v) is 15.3. The third-order valence-corrected chi connectivity index (χ3v) is 5.55. The van der Waals surface area contributed by atoms with Crippen molar-refractivity contribution in [1.82, 2.24) is 5.32 Å². The summed E-state index contributed by atoms with van der Waals surface area (Å²) in [7, 11) is 0. The van der Waals surface area contributed by atoms with Crippen LogP contribution in [0.4, 0.5) is 4.79 Å². The van der Waals surface area contributed by atoms with Gasteiger partial charge in [0, 0.05) is 16.7 Å². The zero-order chi connectivity index (χ0) is 20.0. The van der Waals surface area contributed by atoms with Crippen LogP contribution < -0.4 is 10.1 Å². The van der Waals surface area contributed by atoms with Crippen LogP contribution in [0.15, 0.2) is 54.6 Å². The van der Waals surface area contributed by atoms with Crippen LogP contribution >= 0.6 is 0 Å². The molecule has 0 aromatic heterocycles. The van der Waals surface area contributed by atoms with Crippen molar-refractivity contribution in [2.24, 2.45) is 0 Å². The molecule has 142 valence electrons. The molecule has 0 bridgehead atoms. The summed E-state index contributed by atoms with van der Waals surface area (Å²) in [5.41, 5.74) is 2.70. The van der Waals surface area contributed by atoms with Crippen molar-refractivity contribution in [3.63, 3.8) is 0 Å². The van der Waals surface area contributed by atoms with E-state index in [1.165, 1.54) is 0 Å². The number of nitrogens with one attached hydrogen (secondary N) is 1. The molecule has 1 fully saturated rings. The lowest BCUT2D eigenvalue weighted by Gasteiger charge is -2.16. The molecule has 3 aromatic rings. The lowest BCUT2D eigenvalue weighted by molar-refractivity contribution is -0.124. The molecule has 6 nitrogen and oxygen atoms in total. The average Bonchev–Trinajstić information content (AvgIpc) is 3.29. The van der Waals surface area contributed by atoms with Crippen LogP contribution in [0.5, 0.6) is 11.5 Å². The van der Waals surface area contributed by atoms with Gasteiger partial charge in [-0.25, -0.2) is 4.79 Å². The Hall–Kier alpha value is -3.85. The number of nitriles is 1. The van der Waals surface area contributed by atoms with E-state index in [9.17, 15) is 14.9 Å². The van der Waals surface area contributed by atoms with E-state index in [1.54, 1.807) is 12.1 Å². The quantitative estimate of drug-likeness (QED) is 0.732. The minimum atomic E-state index is -0.766. The summed E-state index contributed by atoms with van der Waals surface area (Å²) in [6, 6.07) is 19.2. The molecule has 0 spiro atoms. The van der Waals surface area contributed by atoms with Crippen molar-refractivity contribution in [2.45, 2.75) is 24.9 Å². The highest BCUT2D eigenvalue weighted by Crippen LogP contribution is 2.40. The van der Waals surface area contributed by atoms with Gasteiger partial charge in [0.25, 0.3) is 5.91 Å². The van der Waals surface area contributed by atoms with Gasteiger partial charge in [-0.3, -0.25) is 10.1 Å². The fourth-order valence-electron chi connectivity index (χ4n) is 4.22. The van der Waals surface area contributed by atoms with Crippen LogP contribution in [0, 0.1) is 11.3 Å². The maximum Gasteiger partial charge on any atom is 0.414 e. The van der Waals surface area contributed by atoms with Crippen LogP contribution in [0.1, 0.15) is 29.0 Å². The minimum Gasteiger partial charge on any atom is -0.457 e.